The summed E-state index contributed by atoms with van der Waals surface area (Å²) in [6, 6.07) is 20.9. The Labute approximate surface area is 200 Å². The fourth-order valence-electron chi connectivity index (χ4n) is 4.85. The van der Waals surface area contributed by atoms with Crippen LogP contribution in [-0.4, -0.2) is 40.6 Å². The number of aromatic nitrogens is 2. The number of aryl methyl sites for hydroxylation is 1. The topological polar surface area (TPSA) is 61.4 Å². The Hall–Kier alpha value is -3.73. The van der Waals surface area contributed by atoms with Crippen LogP contribution in [0.25, 0.3) is 22.2 Å². The van der Waals surface area contributed by atoms with Crippen molar-refractivity contribution in [1.29, 1.82) is 0 Å². The Kier molecular flexibility index (Phi) is 5.78. The summed E-state index contributed by atoms with van der Waals surface area (Å²) >= 11 is 0. The van der Waals surface area contributed by atoms with Crippen LogP contribution in [0, 0.1) is 0 Å². The molecular weight excluding hydrogens is 420 g/mol. The van der Waals surface area contributed by atoms with Crippen LogP contribution in [0.1, 0.15) is 47.3 Å². The minimum Gasteiger partial charge on any atom is -0.345 e. The van der Waals surface area contributed by atoms with Crippen molar-refractivity contribution in [3.05, 3.63) is 89.2 Å². The van der Waals surface area contributed by atoms with Gasteiger partial charge in [-0.05, 0) is 77.7 Å². The number of H-pyrrole nitrogens is 1. The number of amides is 1. The molecule has 0 bridgehead atoms. The van der Waals surface area contributed by atoms with Crippen LogP contribution in [0.4, 0.5) is 0 Å². The fraction of sp³-hybridized carbons (Fsp3) is 0.276. The summed E-state index contributed by atoms with van der Waals surface area (Å²) in [6.07, 6.45) is 3.67. The van der Waals surface area contributed by atoms with Crippen LogP contribution in [0.3, 0.4) is 0 Å². The number of benzene rings is 3. The lowest BCUT2D eigenvalue weighted by molar-refractivity contribution is 0.0746. The van der Waals surface area contributed by atoms with Gasteiger partial charge < -0.3 is 14.9 Å². The zero-order chi connectivity index (χ0) is 23.7. The van der Waals surface area contributed by atoms with E-state index in [1.807, 2.05) is 35.2 Å². The van der Waals surface area contributed by atoms with Gasteiger partial charge in [0.2, 0.25) is 0 Å². The molecule has 2 heterocycles. The van der Waals surface area contributed by atoms with Gasteiger partial charge in [-0.2, -0.15) is 0 Å². The molecule has 1 aromatic heterocycles. The minimum absolute atomic E-state index is 0.0864. The van der Waals surface area contributed by atoms with E-state index in [0.29, 0.717) is 13.1 Å². The summed E-state index contributed by atoms with van der Waals surface area (Å²) in [5.74, 6) is 0.0864. The summed E-state index contributed by atoms with van der Waals surface area (Å²) in [5.41, 5.74) is 8.65. The summed E-state index contributed by atoms with van der Waals surface area (Å²) in [5, 5.41) is 0. The number of carbonyl (C=O) groups is 1. The van der Waals surface area contributed by atoms with E-state index >= 15 is 0 Å². The van der Waals surface area contributed by atoms with E-state index in [1.54, 1.807) is 6.33 Å². The Bertz CT molecular complexity index is 1350. The van der Waals surface area contributed by atoms with E-state index in [0.717, 1.165) is 52.7 Å². The molecule has 1 amide bonds. The van der Waals surface area contributed by atoms with E-state index in [-0.39, 0.29) is 11.3 Å². The molecule has 0 radical (unpaired) electrons. The van der Waals surface area contributed by atoms with Gasteiger partial charge in [-0.1, -0.05) is 44.2 Å². The Morgan fingerprint density at radius 3 is 2.62 bits per heavy atom. The zero-order valence-electron chi connectivity index (χ0n) is 19.8. The number of hydrogen-bond donors (Lipinski definition) is 1. The minimum atomic E-state index is -0.0968. The van der Waals surface area contributed by atoms with Crippen molar-refractivity contribution in [2.75, 3.05) is 13.1 Å². The van der Waals surface area contributed by atoms with Gasteiger partial charge in [-0.3, -0.25) is 4.79 Å². The van der Waals surface area contributed by atoms with Crippen LogP contribution in [-0.2, 0) is 18.4 Å². The summed E-state index contributed by atoms with van der Waals surface area (Å²) in [7, 11) is 0. The SMILES string of the molecule is C=NCC(C)(C)c1ccc(C(=O)N2CCCc3ccc(-c4ccc5nc[nH]c5c4)cc3C2)cc1. The third-order valence-corrected chi connectivity index (χ3v) is 6.90. The molecule has 1 N–H and O–H groups in total. The van der Waals surface area contributed by atoms with Gasteiger partial charge in [0.05, 0.1) is 17.4 Å². The molecule has 0 saturated carbocycles. The van der Waals surface area contributed by atoms with Crippen LogP contribution in [0.2, 0.25) is 0 Å². The third kappa shape index (κ3) is 4.26. The van der Waals surface area contributed by atoms with Crippen molar-refractivity contribution in [3.63, 3.8) is 0 Å². The van der Waals surface area contributed by atoms with Crippen molar-refractivity contribution in [3.8, 4) is 11.1 Å². The van der Waals surface area contributed by atoms with Gasteiger partial charge in [0.1, 0.15) is 0 Å². The van der Waals surface area contributed by atoms with Crippen LogP contribution >= 0.6 is 0 Å². The highest BCUT2D eigenvalue weighted by molar-refractivity contribution is 5.94. The van der Waals surface area contributed by atoms with Crippen molar-refractivity contribution in [2.45, 2.75) is 38.6 Å². The average Bonchev–Trinajstić information content (AvgIpc) is 3.21. The van der Waals surface area contributed by atoms with Crippen molar-refractivity contribution >= 4 is 23.7 Å². The van der Waals surface area contributed by atoms with E-state index in [4.69, 9.17) is 0 Å². The molecule has 0 atom stereocenters. The molecule has 3 aromatic carbocycles. The number of nitrogens with one attached hydrogen (secondary N) is 1. The monoisotopic (exact) mass is 450 g/mol. The zero-order valence-corrected chi connectivity index (χ0v) is 19.8. The lowest BCUT2D eigenvalue weighted by Gasteiger charge is -2.24. The molecular formula is C29H30N4O. The van der Waals surface area contributed by atoms with Gasteiger partial charge in [0, 0.05) is 30.6 Å². The first-order chi connectivity index (χ1) is 16.4. The van der Waals surface area contributed by atoms with Crippen LogP contribution < -0.4 is 0 Å². The molecule has 4 aromatic rings. The van der Waals surface area contributed by atoms with Gasteiger partial charge in [-0.15, -0.1) is 0 Å². The third-order valence-electron chi connectivity index (χ3n) is 6.90. The Balaban J connectivity index is 1.39. The van der Waals surface area contributed by atoms with E-state index in [1.165, 1.54) is 11.1 Å². The first kappa shape index (κ1) is 22.1. The molecule has 0 unspecified atom stereocenters. The quantitative estimate of drug-likeness (QED) is 0.391. The molecule has 1 aliphatic rings. The molecule has 0 aliphatic carbocycles. The lowest BCUT2D eigenvalue weighted by atomic mass is 9.84. The predicted octanol–water partition coefficient (Wildman–Crippen LogP) is 5.80. The fourth-order valence-corrected chi connectivity index (χ4v) is 4.85. The maximum Gasteiger partial charge on any atom is 0.254 e. The normalized spacial score (nSPS) is 14.0. The first-order valence-electron chi connectivity index (χ1n) is 11.8. The van der Waals surface area contributed by atoms with E-state index < -0.39 is 0 Å². The number of imidazole rings is 1. The molecule has 5 heteroatoms. The van der Waals surface area contributed by atoms with Gasteiger partial charge in [0.25, 0.3) is 5.91 Å². The lowest BCUT2D eigenvalue weighted by Crippen LogP contribution is -2.30. The standard InChI is InChI=1S/C29H30N4O/c1-29(2,18-30-3)25-11-8-21(9-12-25)28(34)33-14-4-5-20-6-7-22(15-24(20)17-33)23-10-13-26-27(16-23)32-19-31-26/h6-13,15-16,19H,3-5,14,17-18H2,1-2H3,(H,31,32). The largest absolute Gasteiger partial charge is 0.345 e. The van der Waals surface area contributed by atoms with E-state index in [2.05, 4.69) is 65.9 Å². The van der Waals surface area contributed by atoms with Crippen LogP contribution in [0.15, 0.2) is 72.0 Å². The number of aliphatic imine (C=N–C) groups is 1. The summed E-state index contributed by atoms with van der Waals surface area (Å²) in [4.78, 5) is 27.0. The van der Waals surface area contributed by atoms with Gasteiger partial charge in [-0.25, -0.2) is 4.98 Å². The average molecular weight is 451 g/mol. The smallest absolute Gasteiger partial charge is 0.254 e. The molecule has 5 nitrogen and oxygen atoms in total. The number of aromatic amines is 1. The molecule has 0 spiro atoms. The van der Waals surface area contributed by atoms with Crippen molar-refractivity contribution in [1.82, 2.24) is 14.9 Å². The van der Waals surface area contributed by atoms with Crippen molar-refractivity contribution in [2.24, 2.45) is 4.99 Å². The molecule has 5 rings (SSSR count). The Morgan fingerprint density at radius 1 is 1.06 bits per heavy atom. The maximum atomic E-state index is 13.4. The van der Waals surface area contributed by atoms with Gasteiger partial charge in [0.15, 0.2) is 0 Å². The number of rotatable bonds is 5. The number of fused-ring (bicyclic) bond motifs is 2. The summed E-state index contributed by atoms with van der Waals surface area (Å²) < 4.78 is 0. The molecule has 1 aliphatic heterocycles. The number of hydrogen-bond acceptors (Lipinski definition) is 3. The second-order valence-corrected chi connectivity index (χ2v) is 9.79. The summed E-state index contributed by atoms with van der Waals surface area (Å²) in [6.45, 7) is 9.96. The predicted molar refractivity (Wildman–Crippen MR) is 138 cm³/mol. The maximum absolute atomic E-state index is 13.4. The molecule has 0 fully saturated rings. The van der Waals surface area contributed by atoms with Crippen molar-refractivity contribution < 1.29 is 4.79 Å². The molecule has 34 heavy (non-hydrogen) atoms. The second kappa shape index (κ2) is 8.90. The van der Waals surface area contributed by atoms with E-state index in [9.17, 15) is 4.79 Å². The first-order valence-corrected chi connectivity index (χ1v) is 11.8. The number of nitrogens with zero attached hydrogens (tertiary/aromatic N) is 3. The Morgan fingerprint density at radius 2 is 1.82 bits per heavy atom. The highest BCUT2D eigenvalue weighted by Gasteiger charge is 2.23. The highest BCUT2D eigenvalue weighted by atomic mass is 16.2. The van der Waals surface area contributed by atoms with Gasteiger partial charge >= 0.3 is 0 Å². The molecule has 0 saturated heterocycles. The highest BCUT2D eigenvalue weighted by Crippen LogP contribution is 2.29. The second-order valence-electron chi connectivity index (χ2n) is 9.79. The molecule has 172 valence electrons. The number of carbonyl (C=O) groups excluding carboxylic acids is 1. The van der Waals surface area contributed by atoms with Crippen LogP contribution in [0.5, 0.6) is 0 Å².